The number of halogens is 1. The van der Waals surface area contributed by atoms with Gasteiger partial charge in [0, 0.05) is 48.9 Å². The van der Waals surface area contributed by atoms with Crippen LogP contribution < -0.4 is 14.5 Å². The zero-order valence-corrected chi connectivity index (χ0v) is 26.2. The van der Waals surface area contributed by atoms with Crippen molar-refractivity contribution in [2.75, 3.05) is 31.0 Å². The molecular formula is C32H27ClN4O10. The molecule has 2 aromatic rings. The molecule has 4 atom stereocenters. The largest absolute Gasteiger partial charge is 0.503 e. The lowest BCUT2D eigenvalue weighted by molar-refractivity contribution is -0.392. The van der Waals surface area contributed by atoms with Gasteiger partial charge in [-0.05, 0) is 49.5 Å². The molecule has 47 heavy (non-hydrogen) atoms. The number of hydrogen-bond donors (Lipinski definition) is 1. The Kier molecular flexibility index (Phi) is 7.50. The third-order valence-electron chi connectivity index (χ3n) is 9.32. The summed E-state index contributed by atoms with van der Waals surface area (Å²) in [5.41, 5.74) is -0.313. The lowest BCUT2D eigenvalue weighted by atomic mass is 9.59. The molecule has 1 saturated heterocycles. The van der Waals surface area contributed by atoms with E-state index in [0.717, 1.165) is 17.0 Å². The maximum Gasteiger partial charge on any atom is 0.301 e. The number of nitrogens with zero attached hydrogens (tertiary/aromatic N) is 4. The SMILES string of the molecule is COc1cc([C@H]2C3=CC[C@@H]4C(=O)N(c5cc([N+](=O)[O-])c(N(C)C)c([N+](=O)[O-])c5)C(=O)[C@@H]4[C@@H]3CC3=C2C(=O)C(C)=CC3=O)cc(Cl)c1O. The molecule has 15 heteroatoms. The summed E-state index contributed by atoms with van der Waals surface area (Å²) >= 11 is 6.35. The molecule has 0 aromatic heterocycles. The van der Waals surface area contributed by atoms with Crippen molar-refractivity contribution in [2.24, 2.45) is 17.8 Å². The number of phenols is 1. The summed E-state index contributed by atoms with van der Waals surface area (Å²) in [6.45, 7) is 1.53. The van der Waals surface area contributed by atoms with Crippen LogP contribution in [0.5, 0.6) is 11.5 Å². The molecule has 4 aliphatic rings. The van der Waals surface area contributed by atoms with Gasteiger partial charge in [-0.15, -0.1) is 0 Å². The summed E-state index contributed by atoms with van der Waals surface area (Å²) in [6.07, 6.45) is 3.00. The lowest BCUT2D eigenvalue weighted by Gasteiger charge is -2.42. The number of phenolic OH excluding ortho intramolecular Hbond substituents is 1. The van der Waals surface area contributed by atoms with Gasteiger partial charge in [-0.25, -0.2) is 4.90 Å². The lowest BCUT2D eigenvalue weighted by Crippen LogP contribution is -2.39. The highest BCUT2D eigenvalue weighted by atomic mass is 35.5. The van der Waals surface area contributed by atoms with Crippen LogP contribution >= 0.6 is 11.6 Å². The van der Waals surface area contributed by atoms with E-state index in [2.05, 4.69) is 0 Å². The highest BCUT2D eigenvalue weighted by molar-refractivity contribution is 6.32. The topological polar surface area (TPSA) is 190 Å². The van der Waals surface area contributed by atoms with Crippen molar-refractivity contribution >= 4 is 57.7 Å². The van der Waals surface area contributed by atoms with Crippen LogP contribution in [0.2, 0.25) is 5.02 Å². The van der Waals surface area contributed by atoms with Gasteiger partial charge in [-0.2, -0.15) is 0 Å². The Bertz CT molecular complexity index is 1930. The smallest absolute Gasteiger partial charge is 0.301 e. The number of methoxy groups -OCH3 is 1. The van der Waals surface area contributed by atoms with E-state index in [1.807, 2.05) is 0 Å². The number of allylic oxidation sites excluding steroid dienone is 6. The second kappa shape index (κ2) is 11.2. The Balaban J connectivity index is 1.50. The van der Waals surface area contributed by atoms with Crippen molar-refractivity contribution in [2.45, 2.75) is 25.7 Å². The normalized spacial score (nSPS) is 23.6. The van der Waals surface area contributed by atoms with Gasteiger partial charge in [0.1, 0.15) is 0 Å². The van der Waals surface area contributed by atoms with Gasteiger partial charge in [-0.3, -0.25) is 39.4 Å². The summed E-state index contributed by atoms with van der Waals surface area (Å²) < 4.78 is 5.30. The van der Waals surface area contributed by atoms with Crippen molar-refractivity contribution < 1.29 is 38.9 Å². The molecule has 1 heterocycles. The molecule has 0 unspecified atom stereocenters. The maximum absolute atomic E-state index is 14.3. The fourth-order valence-corrected chi connectivity index (χ4v) is 7.59. The number of hydrogen-bond acceptors (Lipinski definition) is 11. The van der Waals surface area contributed by atoms with Gasteiger partial charge in [-0.1, -0.05) is 23.3 Å². The number of aromatic hydroxyl groups is 1. The highest BCUT2D eigenvalue weighted by Crippen LogP contribution is 2.56. The summed E-state index contributed by atoms with van der Waals surface area (Å²) in [7, 11) is 4.12. The molecule has 0 spiro atoms. The zero-order chi connectivity index (χ0) is 34.2. The number of anilines is 2. The van der Waals surface area contributed by atoms with Crippen LogP contribution in [0, 0.1) is 38.0 Å². The second-order valence-electron chi connectivity index (χ2n) is 12.0. The average molecular weight is 663 g/mol. The molecule has 6 rings (SSSR count). The number of carbonyl (C=O) groups excluding carboxylic acids is 4. The summed E-state index contributed by atoms with van der Waals surface area (Å²) in [5.74, 6) is -6.13. The van der Waals surface area contributed by atoms with Gasteiger partial charge in [0.15, 0.2) is 28.8 Å². The van der Waals surface area contributed by atoms with Gasteiger partial charge >= 0.3 is 11.4 Å². The fraction of sp³-hybridized carbons (Fsp3) is 0.312. The molecule has 2 aromatic carbocycles. The van der Waals surface area contributed by atoms with Crippen LogP contribution in [-0.4, -0.2) is 59.5 Å². The van der Waals surface area contributed by atoms with E-state index in [4.69, 9.17) is 16.3 Å². The second-order valence-corrected chi connectivity index (χ2v) is 12.4. The van der Waals surface area contributed by atoms with Crippen LogP contribution in [0.4, 0.5) is 22.7 Å². The first kappa shape index (κ1) is 31.6. The quantitative estimate of drug-likeness (QED) is 0.150. The van der Waals surface area contributed by atoms with Crippen molar-refractivity contribution in [1.29, 1.82) is 0 Å². The molecule has 3 aliphatic carbocycles. The van der Waals surface area contributed by atoms with Crippen molar-refractivity contribution in [3.8, 4) is 11.5 Å². The third kappa shape index (κ3) is 4.70. The molecule has 0 radical (unpaired) electrons. The number of ether oxygens (including phenoxy) is 1. The molecular weight excluding hydrogens is 636 g/mol. The first-order chi connectivity index (χ1) is 22.2. The number of rotatable bonds is 6. The minimum atomic E-state index is -1.05. The Morgan fingerprint density at radius 2 is 1.64 bits per heavy atom. The minimum absolute atomic E-state index is 0.0237. The summed E-state index contributed by atoms with van der Waals surface area (Å²) in [6, 6.07) is 4.88. The van der Waals surface area contributed by atoms with Crippen LogP contribution in [-0.2, 0) is 19.2 Å². The van der Waals surface area contributed by atoms with Crippen LogP contribution in [0.15, 0.2) is 58.7 Å². The van der Waals surface area contributed by atoms with Crippen molar-refractivity contribution in [1.82, 2.24) is 0 Å². The van der Waals surface area contributed by atoms with E-state index in [-0.39, 0.29) is 63.2 Å². The minimum Gasteiger partial charge on any atom is -0.503 e. The number of ketones is 2. The predicted molar refractivity (Wildman–Crippen MR) is 168 cm³/mol. The van der Waals surface area contributed by atoms with Crippen LogP contribution in [0.1, 0.15) is 31.2 Å². The van der Waals surface area contributed by atoms with Gasteiger partial charge < -0.3 is 14.7 Å². The molecule has 14 nitrogen and oxygen atoms in total. The molecule has 1 N–H and O–H groups in total. The molecule has 1 fully saturated rings. The number of imide groups is 1. The van der Waals surface area contributed by atoms with E-state index in [9.17, 15) is 44.5 Å². The van der Waals surface area contributed by atoms with E-state index in [1.54, 1.807) is 6.08 Å². The van der Waals surface area contributed by atoms with E-state index in [0.29, 0.717) is 11.1 Å². The van der Waals surface area contributed by atoms with E-state index >= 15 is 0 Å². The monoisotopic (exact) mass is 662 g/mol. The number of carbonyl (C=O) groups is 4. The number of fused-ring (bicyclic) bond motifs is 3. The maximum atomic E-state index is 14.3. The Hall–Kier alpha value is -5.37. The Labute approximate surface area is 271 Å². The van der Waals surface area contributed by atoms with Crippen molar-refractivity contribution in [3.63, 3.8) is 0 Å². The molecule has 2 amide bonds. The average Bonchev–Trinajstić information content (AvgIpc) is 3.28. The molecule has 0 saturated carbocycles. The number of amides is 2. The van der Waals surface area contributed by atoms with Crippen LogP contribution in [0.25, 0.3) is 0 Å². The first-order valence-electron chi connectivity index (χ1n) is 14.5. The van der Waals surface area contributed by atoms with E-state index < -0.39 is 62.5 Å². The van der Waals surface area contributed by atoms with Gasteiger partial charge in [0.25, 0.3) is 0 Å². The van der Waals surface area contributed by atoms with Gasteiger partial charge in [0.2, 0.25) is 11.8 Å². The summed E-state index contributed by atoms with van der Waals surface area (Å²) in [5, 5.41) is 34.3. The number of nitro groups is 2. The Morgan fingerprint density at radius 3 is 2.21 bits per heavy atom. The van der Waals surface area contributed by atoms with Gasteiger partial charge in [0.05, 0.1) is 39.5 Å². The molecule has 1 aliphatic heterocycles. The highest BCUT2D eigenvalue weighted by Gasteiger charge is 2.57. The standard InChI is InChI=1S/C32H27ClN4O10/c1-13-7-23(38)19-12-18-16(25(27(19)29(13)39)14-8-20(33)30(40)24(9-14)47-4)5-6-17-26(18)32(42)35(31(17)41)15-10-21(36(43)44)28(34(2)3)22(11-15)37(45)46/h5,7-11,17-18,25-26,40H,6,12H2,1-4H3/t17-,18+,25-,26-/m0/s1. The van der Waals surface area contributed by atoms with Crippen LogP contribution in [0.3, 0.4) is 0 Å². The summed E-state index contributed by atoms with van der Waals surface area (Å²) in [4.78, 5) is 79.5. The number of benzene rings is 2. The number of nitro benzene ring substituents is 2. The molecule has 242 valence electrons. The van der Waals surface area contributed by atoms with Crippen molar-refractivity contribution in [3.05, 3.63) is 89.5 Å². The third-order valence-corrected chi connectivity index (χ3v) is 9.61. The fourth-order valence-electron chi connectivity index (χ4n) is 7.37. The Morgan fingerprint density at radius 1 is 1.00 bits per heavy atom. The van der Waals surface area contributed by atoms with E-state index in [1.165, 1.54) is 51.2 Å². The zero-order valence-electron chi connectivity index (χ0n) is 25.5. The predicted octanol–water partition coefficient (Wildman–Crippen LogP) is 4.57. The molecule has 0 bridgehead atoms. The first-order valence-corrected chi connectivity index (χ1v) is 14.8. The number of Topliss-reactive ketones (excluding diaryl/α,β-unsaturated/α-hetero) is 1.